The molecule has 0 amide bonds. The van der Waals surface area contributed by atoms with Gasteiger partial charge in [-0.05, 0) is 25.6 Å². The number of carbonyl (C=O) groups is 1. The monoisotopic (exact) mass is 257 g/mol. The lowest BCUT2D eigenvalue weighted by Crippen LogP contribution is -2.35. The maximum Gasteiger partial charge on any atom is 0.323 e. The van der Waals surface area contributed by atoms with Crippen molar-refractivity contribution in [3.8, 4) is 0 Å². The first-order valence-electron chi connectivity index (χ1n) is 5.26. The van der Waals surface area contributed by atoms with Crippen LogP contribution in [0.1, 0.15) is 11.1 Å². The van der Waals surface area contributed by atoms with Gasteiger partial charge in [0.1, 0.15) is 11.9 Å². The minimum absolute atomic E-state index is 0.292. The van der Waals surface area contributed by atoms with Crippen molar-refractivity contribution in [1.29, 1.82) is 0 Å². The third kappa shape index (κ3) is 3.76. The van der Waals surface area contributed by atoms with Crippen molar-refractivity contribution in [1.82, 2.24) is 4.67 Å². The van der Waals surface area contributed by atoms with Crippen molar-refractivity contribution < 1.29 is 13.9 Å². The summed E-state index contributed by atoms with van der Waals surface area (Å²) >= 11 is 0. The molecule has 0 heterocycles. The highest BCUT2D eigenvalue weighted by Crippen LogP contribution is 2.16. The Balaban J connectivity index is 2.93. The number of hydrogen-bond donors (Lipinski definition) is 0. The summed E-state index contributed by atoms with van der Waals surface area (Å²) in [4.78, 5) is 11.6. The van der Waals surface area contributed by atoms with Crippen LogP contribution in [-0.2, 0) is 16.0 Å². The van der Waals surface area contributed by atoms with Gasteiger partial charge in [-0.25, -0.2) is 4.39 Å². The van der Waals surface area contributed by atoms with Crippen molar-refractivity contribution in [2.75, 3.05) is 14.2 Å². The van der Waals surface area contributed by atoms with Crippen LogP contribution in [0.5, 0.6) is 0 Å². The zero-order valence-corrected chi connectivity index (χ0v) is 11.4. The van der Waals surface area contributed by atoms with Gasteiger partial charge in [0.15, 0.2) is 0 Å². The van der Waals surface area contributed by atoms with Crippen molar-refractivity contribution >= 4 is 15.4 Å². The van der Waals surface area contributed by atoms with Crippen LogP contribution >= 0.6 is 9.39 Å². The van der Waals surface area contributed by atoms with Gasteiger partial charge >= 0.3 is 5.97 Å². The van der Waals surface area contributed by atoms with Crippen LogP contribution in [0.25, 0.3) is 0 Å². The molecule has 1 rings (SSSR count). The van der Waals surface area contributed by atoms with Crippen LogP contribution in [0.15, 0.2) is 18.2 Å². The molecule has 94 valence electrons. The van der Waals surface area contributed by atoms with E-state index < -0.39 is 6.04 Å². The minimum atomic E-state index is -0.499. The zero-order chi connectivity index (χ0) is 13.0. The molecule has 0 aliphatic heterocycles. The number of halogens is 1. The molecule has 2 atom stereocenters. The van der Waals surface area contributed by atoms with E-state index in [2.05, 4.69) is 9.39 Å². The summed E-state index contributed by atoms with van der Waals surface area (Å²) in [6, 6.07) is 4.37. The number of aryl methyl sites for hydroxylation is 1. The van der Waals surface area contributed by atoms with E-state index >= 15 is 0 Å². The number of hydrogen-bond acceptors (Lipinski definition) is 3. The Hall–Kier alpha value is -0.990. The Labute approximate surface area is 103 Å². The van der Waals surface area contributed by atoms with E-state index in [0.29, 0.717) is 12.0 Å². The van der Waals surface area contributed by atoms with Gasteiger partial charge in [0, 0.05) is 6.42 Å². The van der Waals surface area contributed by atoms with E-state index in [9.17, 15) is 9.18 Å². The van der Waals surface area contributed by atoms with E-state index in [4.69, 9.17) is 4.74 Å². The SMILES string of the molecule is COC(=O)C(Cc1cc(C)ccc1F)N(C)P. The van der Waals surface area contributed by atoms with E-state index in [0.717, 1.165) is 5.56 Å². The van der Waals surface area contributed by atoms with Gasteiger partial charge in [-0.3, -0.25) is 9.46 Å². The number of carbonyl (C=O) groups excluding carboxylic acids is 1. The van der Waals surface area contributed by atoms with Gasteiger partial charge in [-0.15, -0.1) is 0 Å². The van der Waals surface area contributed by atoms with Crippen LogP contribution in [0.4, 0.5) is 4.39 Å². The van der Waals surface area contributed by atoms with Crippen LogP contribution in [0, 0.1) is 12.7 Å². The molecule has 0 aliphatic carbocycles. The summed E-state index contributed by atoms with van der Waals surface area (Å²) < 4.78 is 19.9. The average Bonchev–Trinajstić information content (AvgIpc) is 2.28. The quantitative estimate of drug-likeness (QED) is 0.610. The molecule has 1 aromatic rings. The number of nitrogens with zero attached hydrogens (tertiary/aromatic N) is 1. The van der Waals surface area contributed by atoms with Crippen LogP contribution in [0.3, 0.4) is 0 Å². The number of rotatable bonds is 4. The molecule has 5 heteroatoms. The predicted molar refractivity (Wildman–Crippen MR) is 68.1 cm³/mol. The second-order valence-electron chi connectivity index (χ2n) is 4.00. The van der Waals surface area contributed by atoms with Gasteiger partial charge in [0.25, 0.3) is 0 Å². The number of likely N-dealkylation sites (N-methyl/N-ethyl adjacent to an activating group) is 1. The Kier molecular flexibility index (Phi) is 5.03. The van der Waals surface area contributed by atoms with Gasteiger partial charge in [0.05, 0.1) is 7.11 Å². The fourth-order valence-electron chi connectivity index (χ4n) is 1.60. The third-order valence-corrected chi connectivity index (χ3v) is 2.94. The van der Waals surface area contributed by atoms with Crippen molar-refractivity contribution in [3.63, 3.8) is 0 Å². The Morgan fingerprint density at radius 3 is 2.76 bits per heavy atom. The van der Waals surface area contributed by atoms with Crippen molar-refractivity contribution in [2.24, 2.45) is 0 Å². The molecule has 0 radical (unpaired) electrons. The number of ether oxygens (including phenoxy) is 1. The number of esters is 1. The maximum absolute atomic E-state index is 13.6. The summed E-state index contributed by atoms with van der Waals surface area (Å²) in [6.07, 6.45) is 0.292. The second-order valence-corrected chi connectivity index (χ2v) is 4.82. The third-order valence-electron chi connectivity index (χ3n) is 2.58. The molecule has 1 aromatic carbocycles. The maximum atomic E-state index is 13.6. The number of methoxy groups -OCH3 is 1. The second kappa shape index (κ2) is 6.08. The Morgan fingerprint density at radius 1 is 1.59 bits per heavy atom. The Morgan fingerprint density at radius 2 is 2.24 bits per heavy atom. The molecule has 0 spiro atoms. The van der Waals surface area contributed by atoms with Gasteiger partial charge in [-0.1, -0.05) is 27.1 Å². The van der Waals surface area contributed by atoms with E-state index in [1.807, 2.05) is 6.92 Å². The molecule has 0 aliphatic rings. The molecule has 0 saturated heterocycles. The molecular formula is C12H17FNO2P. The number of benzene rings is 1. The highest BCUT2D eigenvalue weighted by atomic mass is 31.0. The largest absolute Gasteiger partial charge is 0.468 e. The van der Waals surface area contributed by atoms with Crippen molar-refractivity contribution in [3.05, 3.63) is 35.1 Å². The fraction of sp³-hybridized carbons (Fsp3) is 0.417. The molecule has 0 fully saturated rings. The van der Waals surface area contributed by atoms with Gasteiger partial charge in [-0.2, -0.15) is 0 Å². The topological polar surface area (TPSA) is 29.5 Å². The average molecular weight is 257 g/mol. The van der Waals surface area contributed by atoms with Gasteiger partial charge in [0.2, 0.25) is 0 Å². The molecule has 0 saturated carbocycles. The van der Waals surface area contributed by atoms with Gasteiger partial charge < -0.3 is 4.74 Å². The lowest BCUT2D eigenvalue weighted by molar-refractivity contribution is -0.144. The highest BCUT2D eigenvalue weighted by molar-refractivity contribution is 7.13. The summed E-state index contributed by atoms with van der Waals surface area (Å²) in [7, 11) is 5.47. The van der Waals surface area contributed by atoms with E-state index in [1.165, 1.54) is 13.2 Å². The molecule has 0 aromatic heterocycles. The lowest BCUT2D eigenvalue weighted by Gasteiger charge is -2.21. The standard InChI is InChI=1S/C12H17FNO2P/c1-8-4-5-10(13)9(6-8)7-11(14(2)17)12(15)16-3/h4-6,11H,7,17H2,1-3H3. The molecule has 2 unspecified atom stereocenters. The van der Waals surface area contributed by atoms with Crippen LogP contribution < -0.4 is 0 Å². The van der Waals surface area contributed by atoms with Crippen molar-refractivity contribution in [2.45, 2.75) is 19.4 Å². The van der Waals surface area contributed by atoms with Crippen LogP contribution in [0.2, 0.25) is 0 Å². The zero-order valence-electron chi connectivity index (χ0n) is 10.2. The van der Waals surface area contributed by atoms with E-state index in [1.54, 1.807) is 23.9 Å². The summed E-state index contributed by atoms with van der Waals surface area (Å²) in [6.45, 7) is 1.89. The first-order chi connectivity index (χ1) is 7.95. The first kappa shape index (κ1) is 14.1. The molecular weight excluding hydrogens is 240 g/mol. The summed E-state index contributed by atoms with van der Waals surface area (Å²) in [5.41, 5.74) is 1.49. The normalized spacial score (nSPS) is 12.6. The predicted octanol–water partition coefficient (Wildman–Crippen LogP) is 1.94. The highest BCUT2D eigenvalue weighted by Gasteiger charge is 2.23. The molecule has 0 N–H and O–H groups in total. The smallest absolute Gasteiger partial charge is 0.323 e. The molecule has 17 heavy (non-hydrogen) atoms. The first-order valence-corrected chi connectivity index (χ1v) is 5.77. The summed E-state index contributed by atoms with van der Waals surface area (Å²) in [5.74, 6) is -0.667. The minimum Gasteiger partial charge on any atom is -0.468 e. The fourth-order valence-corrected chi connectivity index (χ4v) is 1.83. The Bertz CT molecular complexity index is 409. The lowest BCUT2D eigenvalue weighted by atomic mass is 10.0. The molecule has 0 bridgehead atoms. The van der Waals surface area contributed by atoms with E-state index in [-0.39, 0.29) is 11.8 Å². The summed E-state index contributed by atoms with van der Waals surface area (Å²) in [5, 5.41) is 0. The molecule has 3 nitrogen and oxygen atoms in total. The van der Waals surface area contributed by atoms with Crippen LogP contribution in [-0.4, -0.2) is 30.8 Å².